The molecule has 0 radical (unpaired) electrons. The van der Waals surface area contributed by atoms with Crippen molar-refractivity contribution in [2.75, 3.05) is 32.0 Å². The molecule has 1 aromatic heterocycles. The monoisotopic (exact) mass is 463 g/mol. The van der Waals surface area contributed by atoms with E-state index in [1.165, 1.54) is 35.3 Å². The van der Waals surface area contributed by atoms with Gasteiger partial charge in [-0.3, -0.25) is 9.69 Å². The zero-order chi connectivity index (χ0) is 23.0. The van der Waals surface area contributed by atoms with Gasteiger partial charge in [-0.2, -0.15) is 0 Å². The molecule has 2 aromatic carbocycles. The highest BCUT2D eigenvalue weighted by molar-refractivity contribution is 7.13. The van der Waals surface area contributed by atoms with Crippen molar-refractivity contribution in [3.8, 4) is 0 Å². The number of benzene rings is 2. The van der Waals surface area contributed by atoms with E-state index in [1.54, 1.807) is 0 Å². The summed E-state index contributed by atoms with van der Waals surface area (Å²) in [7, 11) is 2.21. The zero-order valence-corrected chi connectivity index (χ0v) is 20.4. The number of aromatic nitrogens is 2. The van der Waals surface area contributed by atoms with Gasteiger partial charge in [-0.05, 0) is 68.6 Å². The first-order valence-electron chi connectivity index (χ1n) is 11.8. The summed E-state index contributed by atoms with van der Waals surface area (Å²) in [6.07, 6.45) is 3.37. The van der Waals surface area contributed by atoms with E-state index in [9.17, 15) is 4.79 Å². The number of rotatable bonds is 9. The second kappa shape index (κ2) is 11.5. The van der Waals surface area contributed by atoms with Crippen LogP contribution in [0.3, 0.4) is 0 Å². The van der Waals surface area contributed by atoms with Crippen LogP contribution in [-0.2, 0) is 19.5 Å². The molecule has 1 saturated heterocycles. The van der Waals surface area contributed by atoms with Gasteiger partial charge in [0, 0.05) is 18.8 Å². The van der Waals surface area contributed by atoms with Gasteiger partial charge in [-0.25, -0.2) is 0 Å². The van der Waals surface area contributed by atoms with Crippen molar-refractivity contribution in [2.24, 2.45) is 5.92 Å². The number of likely N-dealkylation sites (tertiary alicyclic amines) is 1. The van der Waals surface area contributed by atoms with Crippen LogP contribution in [0.5, 0.6) is 0 Å². The van der Waals surface area contributed by atoms with Gasteiger partial charge >= 0.3 is 0 Å². The second-order valence-corrected chi connectivity index (χ2v) is 9.97. The number of hydrogen-bond acceptors (Lipinski definition) is 6. The lowest BCUT2D eigenvalue weighted by molar-refractivity contribution is 0.102. The van der Waals surface area contributed by atoms with Crippen LogP contribution in [0.1, 0.15) is 45.7 Å². The molecule has 7 heteroatoms. The molecule has 1 aliphatic heterocycles. The van der Waals surface area contributed by atoms with E-state index < -0.39 is 0 Å². The van der Waals surface area contributed by atoms with Gasteiger partial charge in [-0.1, -0.05) is 60.7 Å². The lowest BCUT2D eigenvalue weighted by Gasteiger charge is -2.33. The highest BCUT2D eigenvalue weighted by atomic mass is 32.1. The lowest BCUT2D eigenvalue weighted by atomic mass is 9.96. The third-order valence-corrected chi connectivity index (χ3v) is 7.12. The average molecular weight is 464 g/mol. The van der Waals surface area contributed by atoms with Gasteiger partial charge in [-0.15, -0.1) is 10.2 Å². The summed E-state index contributed by atoms with van der Waals surface area (Å²) in [5, 5.41) is 12.6. The minimum Gasteiger partial charge on any atom is -0.320 e. The van der Waals surface area contributed by atoms with E-state index in [2.05, 4.69) is 69.6 Å². The average Bonchev–Trinajstić information content (AvgIpc) is 3.30. The van der Waals surface area contributed by atoms with Crippen LogP contribution in [0.2, 0.25) is 0 Å². The molecule has 4 rings (SSSR count). The fraction of sp³-hybridized carbons (Fsp3) is 0.423. The maximum absolute atomic E-state index is 12.5. The van der Waals surface area contributed by atoms with Gasteiger partial charge in [0.1, 0.15) is 5.01 Å². The molecule has 2 heterocycles. The summed E-state index contributed by atoms with van der Waals surface area (Å²) in [6, 6.07) is 18.6. The standard InChI is InChI=1S/C26H33N5OS/c1-3-20-9-11-23(12-10-20)27-25(32)26-29-28-24(33-26)19-31-15-13-22(14-16-31)18-30(2)17-21-7-5-4-6-8-21/h4-12,22H,3,13-19H2,1-2H3,(H,27,32). The Hall–Kier alpha value is -2.61. The summed E-state index contributed by atoms with van der Waals surface area (Å²) < 4.78 is 0. The van der Waals surface area contributed by atoms with Crippen LogP contribution in [-0.4, -0.2) is 52.6 Å². The Balaban J connectivity index is 1.21. The van der Waals surface area contributed by atoms with Gasteiger partial charge < -0.3 is 10.2 Å². The van der Waals surface area contributed by atoms with Gasteiger partial charge in [0.2, 0.25) is 5.01 Å². The third-order valence-electron chi connectivity index (χ3n) is 6.21. The molecule has 0 saturated carbocycles. The van der Waals surface area contributed by atoms with E-state index in [0.717, 1.165) is 55.8 Å². The largest absolute Gasteiger partial charge is 0.320 e. The summed E-state index contributed by atoms with van der Waals surface area (Å²) in [5.41, 5.74) is 3.40. The summed E-state index contributed by atoms with van der Waals surface area (Å²) >= 11 is 1.39. The fourth-order valence-electron chi connectivity index (χ4n) is 4.34. The number of carbonyl (C=O) groups excluding carboxylic acids is 1. The molecule has 174 valence electrons. The molecule has 0 bridgehead atoms. The van der Waals surface area contributed by atoms with E-state index >= 15 is 0 Å². The minimum atomic E-state index is -0.192. The van der Waals surface area contributed by atoms with Crippen LogP contribution in [0.15, 0.2) is 54.6 Å². The Kier molecular flexibility index (Phi) is 8.20. The summed E-state index contributed by atoms with van der Waals surface area (Å²) in [4.78, 5) is 17.4. The van der Waals surface area contributed by atoms with Gasteiger partial charge in [0.15, 0.2) is 0 Å². The first-order chi connectivity index (χ1) is 16.1. The molecule has 0 atom stereocenters. The van der Waals surface area contributed by atoms with Crippen molar-refractivity contribution in [1.29, 1.82) is 0 Å². The number of nitrogens with zero attached hydrogens (tertiary/aromatic N) is 4. The molecule has 3 aromatic rings. The Morgan fingerprint density at radius 2 is 1.79 bits per heavy atom. The number of aryl methyl sites for hydroxylation is 1. The number of amides is 1. The van der Waals surface area contributed by atoms with Crippen LogP contribution in [0.4, 0.5) is 5.69 Å². The van der Waals surface area contributed by atoms with E-state index in [-0.39, 0.29) is 5.91 Å². The van der Waals surface area contributed by atoms with Crippen LogP contribution < -0.4 is 5.32 Å². The molecule has 33 heavy (non-hydrogen) atoms. The van der Waals surface area contributed by atoms with Crippen molar-refractivity contribution < 1.29 is 4.79 Å². The predicted octanol–water partition coefficient (Wildman–Crippen LogP) is 4.70. The molecule has 6 nitrogen and oxygen atoms in total. The first-order valence-corrected chi connectivity index (χ1v) is 12.6. The Morgan fingerprint density at radius 1 is 1.06 bits per heavy atom. The maximum atomic E-state index is 12.5. The zero-order valence-electron chi connectivity index (χ0n) is 19.5. The van der Waals surface area contributed by atoms with E-state index in [4.69, 9.17) is 0 Å². The molecular weight excluding hydrogens is 430 g/mol. The number of piperidine rings is 1. The molecule has 1 fully saturated rings. The Labute approximate surface area is 200 Å². The summed E-state index contributed by atoms with van der Waals surface area (Å²) in [6.45, 7) is 7.14. The lowest BCUT2D eigenvalue weighted by Crippen LogP contribution is -2.37. The smallest absolute Gasteiger partial charge is 0.286 e. The van der Waals surface area contributed by atoms with Crippen LogP contribution in [0.25, 0.3) is 0 Å². The second-order valence-electron chi connectivity index (χ2n) is 8.91. The molecular formula is C26H33N5OS. The molecule has 0 aliphatic carbocycles. The van der Waals surface area contributed by atoms with Crippen molar-refractivity contribution in [3.63, 3.8) is 0 Å². The Bertz CT molecular complexity index is 1010. The van der Waals surface area contributed by atoms with Crippen LogP contribution >= 0.6 is 11.3 Å². The SMILES string of the molecule is CCc1ccc(NC(=O)c2nnc(CN3CCC(CN(C)Cc4ccccc4)CC3)s2)cc1. The van der Waals surface area contributed by atoms with E-state index in [1.807, 2.05) is 24.3 Å². The third kappa shape index (κ3) is 6.93. The number of hydrogen-bond donors (Lipinski definition) is 1. The number of nitrogens with one attached hydrogen (secondary N) is 1. The highest BCUT2D eigenvalue weighted by Crippen LogP contribution is 2.22. The highest BCUT2D eigenvalue weighted by Gasteiger charge is 2.22. The number of carbonyl (C=O) groups is 1. The minimum absolute atomic E-state index is 0.192. The quantitative estimate of drug-likeness (QED) is 0.499. The molecule has 1 N–H and O–H groups in total. The molecule has 1 amide bonds. The van der Waals surface area contributed by atoms with Crippen molar-refractivity contribution in [2.45, 2.75) is 39.3 Å². The molecule has 0 unspecified atom stereocenters. The van der Waals surface area contributed by atoms with Gasteiger partial charge in [0.25, 0.3) is 5.91 Å². The fourth-order valence-corrected chi connectivity index (χ4v) is 5.11. The molecule has 0 spiro atoms. The van der Waals surface area contributed by atoms with Crippen molar-refractivity contribution in [1.82, 2.24) is 20.0 Å². The first kappa shape index (κ1) is 23.5. The van der Waals surface area contributed by atoms with Gasteiger partial charge in [0.05, 0.1) is 6.54 Å². The maximum Gasteiger partial charge on any atom is 0.286 e. The van der Waals surface area contributed by atoms with Crippen LogP contribution in [0, 0.1) is 5.92 Å². The normalized spacial score (nSPS) is 15.1. The van der Waals surface area contributed by atoms with Crippen molar-refractivity contribution in [3.05, 3.63) is 75.7 Å². The summed E-state index contributed by atoms with van der Waals surface area (Å²) in [5.74, 6) is 0.535. The van der Waals surface area contributed by atoms with Crippen molar-refractivity contribution >= 4 is 22.9 Å². The predicted molar refractivity (Wildman–Crippen MR) is 134 cm³/mol. The topological polar surface area (TPSA) is 61.4 Å². The Morgan fingerprint density at radius 3 is 2.48 bits per heavy atom. The number of anilines is 1. The molecule has 1 aliphatic rings. The van der Waals surface area contributed by atoms with E-state index in [0.29, 0.717) is 5.01 Å².